The van der Waals surface area contributed by atoms with Gasteiger partial charge in [-0.05, 0) is 54.8 Å². The lowest BCUT2D eigenvalue weighted by Gasteiger charge is -2.39. The summed E-state index contributed by atoms with van der Waals surface area (Å²) in [6.07, 6.45) is -2.86. The lowest BCUT2D eigenvalue weighted by molar-refractivity contribution is -0.261. The molecule has 7 nitrogen and oxygen atoms in total. The molecule has 2 aliphatic rings. The fourth-order valence-corrected chi connectivity index (χ4v) is 4.38. The normalized spacial score (nSPS) is 19.9. The topological polar surface area (TPSA) is 96.5 Å². The van der Waals surface area contributed by atoms with Crippen LogP contribution in [0.2, 0.25) is 0 Å². The third-order valence-electron chi connectivity index (χ3n) is 6.17. The first-order chi connectivity index (χ1) is 16.6. The molecule has 1 aliphatic heterocycles. The minimum Gasteiger partial charge on any atom is -0.426 e. The Morgan fingerprint density at radius 2 is 1.77 bits per heavy atom. The number of hydrogen-bond acceptors (Lipinski definition) is 4. The van der Waals surface area contributed by atoms with Crippen molar-refractivity contribution in [2.45, 2.75) is 49.9 Å². The summed E-state index contributed by atoms with van der Waals surface area (Å²) in [6, 6.07) is 8.17. The Balaban J connectivity index is 1.61. The van der Waals surface area contributed by atoms with Crippen molar-refractivity contribution in [3.05, 3.63) is 65.0 Å². The average molecular weight is 493 g/mol. The van der Waals surface area contributed by atoms with Crippen LogP contribution >= 0.6 is 0 Å². The fraction of sp³-hybridized carbons (Fsp3) is 0.375. The predicted octanol–water partition coefficient (Wildman–Crippen LogP) is 4.18. The van der Waals surface area contributed by atoms with Gasteiger partial charge >= 0.3 is 12.3 Å². The van der Waals surface area contributed by atoms with Crippen LogP contribution in [0.25, 0.3) is 0 Å². The molecule has 3 N–H and O–H groups in total. The third-order valence-corrected chi connectivity index (χ3v) is 6.17. The first-order valence-corrected chi connectivity index (χ1v) is 11.1. The van der Waals surface area contributed by atoms with Crippen molar-refractivity contribution in [1.82, 2.24) is 10.6 Å². The number of halogens is 4. The zero-order valence-electron chi connectivity index (χ0n) is 18.5. The smallest absolute Gasteiger partial charge is 0.426 e. The maximum Gasteiger partial charge on any atom is 0.434 e. The quantitative estimate of drug-likeness (QED) is 0.526. The molecule has 2 aromatic carbocycles. The Morgan fingerprint density at radius 3 is 2.43 bits per heavy atom. The summed E-state index contributed by atoms with van der Waals surface area (Å²) in [6.45, 7) is -1.12. The Kier molecular flexibility index (Phi) is 6.68. The number of rotatable bonds is 6. The lowest BCUT2D eigenvalue weighted by Crippen LogP contribution is -2.56. The first-order valence-electron chi connectivity index (χ1n) is 11.1. The third kappa shape index (κ3) is 5.23. The standard InChI is InChI=1S/C24H23F4N3O4/c25-16-8-6-15(7-9-16)21(33)29-13-23(24(26,27)28)18-11-14(5-10-19(18)31-22(34)35-23)12-20(32)30-17-3-1-2-4-17/h5-11,17H,1-4,12-13H2,(H,29,33)(H,30,32)(H,31,34). The van der Waals surface area contributed by atoms with Crippen molar-refractivity contribution in [2.24, 2.45) is 0 Å². The molecule has 4 rings (SSSR count). The number of alkyl halides is 3. The van der Waals surface area contributed by atoms with Crippen LogP contribution in [0.4, 0.5) is 28.0 Å². The van der Waals surface area contributed by atoms with Gasteiger partial charge in [-0.25, -0.2) is 9.18 Å². The largest absolute Gasteiger partial charge is 0.434 e. The van der Waals surface area contributed by atoms with Gasteiger partial charge in [0.05, 0.1) is 18.7 Å². The highest BCUT2D eigenvalue weighted by molar-refractivity contribution is 5.94. The van der Waals surface area contributed by atoms with Crippen molar-refractivity contribution < 1.29 is 36.7 Å². The maximum atomic E-state index is 14.4. The van der Waals surface area contributed by atoms with Crippen LogP contribution in [0, 0.1) is 5.82 Å². The first kappa shape index (κ1) is 24.5. The molecule has 3 amide bonds. The van der Waals surface area contributed by atoms with E-state index in [2.05, 4.69) is 16.0 Å². The molecule has 0 spiro atoms. The highest BCUT2D eigenvalue weighted by Gasteiger charge is 2.62. The molecule has 0 bridgehead atoms. The van der Waals surface area contributed by atoms with Crippen molar-refractivity contribution >= 4 is 23.6 Å². The van der Waals surface area contributed by atoms with Gasteiger partial charge in [-0.15, -0.1) is 0 Å². The summed E-state index contributed by atoms with van der Waals surface area (Å²) in [4.78, 5) is 36.9. The van der Waals surface area contributed by atoms with Crippen LogP contribution in [-0.2, 0) is 21.6 Å². The van der Waals surface area contributed by atoms with E-state index in [1.54, 1.807) is 0 Å². The summed E-state index contributed by atoms with van der Waals surface area (Å²) in [5, 5.41) is 7.26. The van der Waals surface area contributed by atoms with E-state index in [0.717, 1.165) is 56.0 Å². The number of fused-ring (bicyclic) bond motifs is 1. The molecule has 2 aromatic rings. The van der Waals surface area contributed by atoms with Crippen molar-refractivity contribution in [2.75, 3.05) is 11.9 Å². The van der Waals surface area contributed by atoms with Crippen LogP contribution in [0.3, 0.4) is 0 Å². The lowest BCUT2D eigenvalue weighted by atomic mass is 9.87. The summed E-state index contributed by atoms with van der Waals surface area (Å²) >= 11 is 0. The molecule has 0 saturated heterocycles. The van der Waals surface area contributed by atoms with E-state index < -0.39 is 41.7 Å². The second-order valence-corrected chi connectivity index (χ2v) is 8.63. The van der Waals surface area contributed by atoms with Crippen molar-refractivity contribution in [1.29, 1.82) is 0 Å². The number of hydrogen-bond donors (Lipinski definition) is 3. The SMILES string of the molecule is O=C(Cc1ccc2c(c1)C(CNC(=O)c1ccc(F)cc1)(C(F)(F)F)OC(=O)N2)NC1CCCC1. The van der Waals surface area contributed by atoms with Crippen LogP contribution in [0.15, 0.2) is 42.5 Å². The second kappa shape index (κ2) is 9.55. The highest BCUT2D eigenvalue weighted by atomic mass is 19.4. The van der Waals surface area contributed by atoms with E-state index in [1.165, 1.54) is 12.1 Å². The van der Waals surface area contributed by atoms with E-state index in [-0.39, 0.29) is 35.2 Å². The molecule has 1 heterocycles. The number of ether oxygens (including phenoxy) is 1. The number of cyclic esters (lactones) is 1. The van der Waals surface area contributed by atoms with Gasteiger partial charge in [0.1, 0.15) is 5.82 Å². The van der Waals surface area contributed by atoms with Crippen molar-refractivity contribution in [3.63, 3.8) is 0 Å². The molecule has 1 saturated carbocycles. The minimum absolute atomic E-state index is 0.0543. The zero-order valence-corrected chi connectivity index (χ0v) is 18.5. The Labute approximate surface area is 198 Å². The Bertz CT molecular complexity index is 1130. The van der Waals surface area contributed by atoms with Gasteiger partial charge < -0.3 is 15.4 Å². The van der Waals surface area contributed by atoms with Crippen LogP contribution in [-0.4, -0.2) is 36.7 Å². The van der Waals surface area contributed by atoms with Gasteiger partial charge in [-0.3, -0.25) is 14.9 Å². The van der Waals surface area contributed by atoms with E-state index in [9.17, 15) is 31.9 Å². The van der Waals surface area contributed by atoms with Crippen LogP contribution in [0.1, 0.15) is 47.2 Å². The molecule has 186 valence electrons. The van der Waals surface area contributed by atoms with Gasteiger partial charge in [0.2, 0.25) is 5.91 Å². The predicted molar refractivity (Wildman–Crippen MR) is 117 cm³/mol. The maximum absolute atomic E-state index is 14.4. The highest BCUT2D eigenvalue weighted by Crippen LogP contribution is 2.47. The molecule has 1 fully saturated rings. The van der Waals surface area contributed by atoms with Gasteiger partial charge in [0, 0.05) is 17.2 Å². The van der Waals surface area contributed by atoms with E-state index in [4.69, 9.17) is 4.74 Å². The van der Waals surface area contributed by atoms with Crippen LogP contribution in [0.5, 0.6) is 0 Å². The second-order valence-electron chi connectivity index (χ2n) is 8.63. The summed E-state index contributed by atoms with van der Waals surface area (Å²) in [5.41, 5.74) is -3.55. The number of anilines is 1. The zero-order chi connectivity index (χ0) is 25.2. The van der Waals surface area contributed by atoms with Gasteiger partial charge in [-0.1, -0.05) is 18.9 Å². The summed E-state index contributed by atoms with van der Waals surface area (Å²) < 4.78 is 61.2. The average Bonchev–Trinajstić information content (AvgIpc) is 3.30. The molecule has 1 atom stereocenters. The van der Waals surface area contributed by atoms with Gasteiger partial charge in [0.25, 0.3) is 11.5 Å². The molecular weight excluding hydrogens is 470 g/mol. The monoisotopic (exact) mass is 493 g/mol. The van der Waals surface area contributed by atoms with E-state index in [1.807, 2.05) is 0 Å². The molecule has 35 heavy (non-hydrogen) atoms. The summed E-state index contributed by atoms with van der Waals surface area (Å²) in [5.74, 6) is -1.84. The van der Waals surface area contributed by atoms with Crippen LogP contribution < -0.4 is 16.0 Å². The fourth-order valence-electron chi connectivity index (χ4n) is 4.38. The van der Waals surface area contributed by atoms with Crippen molar-refractivity contribution in [3.8, 4) is 0 Å². The van der Waals surface area contributed by atoms with Gasteiger partial charge in [-0.2, -0.15) is 13.2 Å². The van der Waals surface area contributed by atoms with E-state index in [0.29, 0.717) is 0 Å². The minimum atomic E-state index is -5.11. The molecule has 1 aliphatic carbocycles. The number of benzene rings is 2. The molecule has 11 heteroatoms. The molecule has 0 radical (unpaired) electrons. The molecular formula is C24H23F4N3O4. The van der Waals surface area contributed by atoms with Gasteiger partial charge in [0.15, 0.2) is 0 Å². The number of carbonyl (C=O) groups is 3. The van der Waals surface area contributed by atoms with E-state index >= 15 is 0 Å². The molecule has 1 unspecified atom stereocenters. The number of carbonyl (C=O) groups excluding carboxylic acids is 3. The molecule has 0 aromatic heterocycles. The Morgan fingerprint density at radius 1 is 1.09 bits per heavy atom. The number of nitrogens with one attached hydrogen (secondary N) is 3. The Hall–Kier alpha value is -3.63. The number of amides is 3. The summed E-state index contributed by atoms with van der Waals surface area (Å²) in [7, 11) is 0.